The van der Waals surface area contributed by atoms with Gasteiger partial charge in [-0.25, -0.2) is 0 Å². The number of nitrogens with one attached hydrogen (secondary N) is 1. The van der Waals surface area contributed by atoms with Crippen molar-refractivity contribution in [2.24, 2.45) is 11.8 Å². The maximum Gasteiger partial charge on any atom is 0.0576 e. The highest BCUT2D eigenvalue weighted by molar-refractivity contribution is 5.32. The summed E-state index contributed by atoms with van der Waals surface area (Å²) in [5.74, 6) is 6.45. The molecule has 2 aliphatic rings. The highest BCUT2D eigenvalue weighted by Crippen LogP contribution is 2.30. The van der Waals surface area contributed by atoms with Crippen LogP contribution in [-0.4, -0.2) is 18.8 Å². The van der Waals surface area contributed by atoms with Gasteiger partial charge in [0.05, 0.1) is 6.10 Å². The Labute approximate surface area is 121 Å². The van der Waals surface area contributed by atoms with Crippen molar-refractivity contribution in [3.63, 3.8) is 0 Å². The zero-order valence-corrected chi connectivity index (χ0v) is 12.2. The molecule has 0 aromatic heterocycles. The van der Waals surface area contributed by atoms with E-state index in [0.29, 0.717) is 18.1 Å². The second-order valence-electron chi connectivity index (χ2n) is 6.28. The Morgan fingerprint density at radius 1 is 1.25 bits per heavy atom. The van der Waals surface area contributed by atoms with Gasteiger partial charge in [0.1, 0.15) is 0 Å². The summed E-state index contributed by atoms with van der Waals surface area (Å²) in [5, 5.41) is 0. The number of rotatable bonds is 6. The smallest absolute Gasteiger partial charge is 0.0576 e. The van der Waals surface area contributed by atoms with Crippen LogP contribution in [0.4, 0.5) is 0 Å². The quantitative estimate of drug-likeness (QED) is 0.619. The van der Waals surface area contributed by atoms with Crippen LogP contribution in [0.1, 0.15) is 43.2 Å². The minimum absolute atomic E-state index is 0.434. The topological polar surface area (TPSA) is 47.3 Å². The Morgan fingerprint density at radius 2 is 2.00 bits per heavy atom. The van der Waals surface area contributed by atoms with E-state index in [1.165, 1.54) is 49.7 Å². The van der Waals surface area contributed by atoms with E-state index in [1.54, 1.807) is 0 Å². The molecule has 1 fully saturated rings. The summed E-state index contributed by atoms with van der Waals surface area (Å²) in [6, 6.07) is 9.24. The number of benzene rings is 1. The molecule has 0 radical (unpaired) electrons. The second kappa shape index (κ2) is 6.70. The average Bonchev–Trinajstić information content (AvgIpc) is 3.12. The molecule has 110 valence electrons. The monoisotopic (exact) mass is 274 g/mol. The minimum Gasteiger partial charge on any atom is -0.378 e. The van der Waals surface area contributed by atoms with Crippen molar-refractivity contribution in [1.29, 1.82) is 0 Å². The highest BCUT2D eigenvalue weighted by atomic mass is 16.5. The van der Waals surface area contributed by atoms with Gasteiger partial charge in [-0.05, 0) is 62.0 Å². The van der Waals surface area contributed by atoms with Crippen molar-refractivity contribution in [1.82, 2.24) is 5.43 Å². The summed E-state index contributed by atoms with van der Waals surface area (Å²) in [4.78, 5) is 0. The fraction of sp³-hybridized carbons (Fsp3) is 0.647. The van der Waals surface area contributed by atoms with Gasteiger partial charge in [0.2, 0.25) is 0 Å². The molecule has 2 unspecified atom stereocenters. The molecule has 1 saturated heterocycles. The molecule has 3 N–H and O–H groups in total. The van der Waals surface area contributed by atoms with E-state index in [-0.39, 0.29) is 0 Å². The Balaban J connectivity index is 1.48. The summed E-state index contributed by atoms with van der Waals surface area (Å²) in [7, 11) is 0. The first-order chi connectivity index (χ1) is 9.86. The van der Waals surface area contributed by atoms with Crippen molar-refractivity contribution in [2.45, 2.75) is 57.1 Å². The molecule has 0 amide bonds. The van der Waals surface area contributed by atoms with Crippen LogP contribution < -0.4 is 11.3 Å². The molecule has 20 heavy (non-hydrogen) atoms. The lowest BCUT2D eigenvalue weighted by Gasteiger charge is -2.23. The number of hydrogen-bond donors (Lipinski definition) is 2. The zero-order chi connectivity index (χ0) is 13.8. The third-order valence-corrected chi connectivity index (χ3v) is 4.93. The van der Waals surface area contributed by atoms with Crippen LogP contribution in [0.5, 0.6) is 0 Å². The molecular weight excluding hydrogens is 248 g/mol. The van der Waals surface area contributed by atoms with Gasteiger partial charge in [0, 0.05) is 12.6 Å². The van der Waals surface area contributed by atoms with E-state index >= 15 is 0 Å². The van der Waals surface area contributed by atoms with Crippen molar-refractivity contribution in [3.05, 3.63) is 35.4 Å². The second-order valence-corrected chi connectivity index (χ2v) is 6.28. The molecule has 1 aliphatic carbocycles. The van der Waals surface area contributed by atoms with E-state index in [9.17, 15) is 0 Å². The summed E-state index contributed by atoms with van der Waals surface area (Å²) in [6.07, 6.45) is 8.90. The van der Waals surface area contributed by atoms with Crippen LogP contribution in [-0.2, 0) is 17.6 Å². The first kappa shape index (κ1) is 14.1. The van der Waals surface area contributed by atoms with E-state index < -0.39 is 0 Å². The molecular formula is C17H26N2O. The Hall–Kier alpha value is -0.900. The molecule has 1 aromatic carbocycles. The van der Waals surface area contributed by atoms with E-state index in [4.69, 9.17) is 10.6 Å². The maximum absolute atomic E-state index is 5.80. The van der Waals surface area contributed by atoms with E-state index in [2.05, 4.69) is 29.7 Å². The fourth-order valence-electron chi connectivity index (χ4n) is 3.77. The lowest BCUT2D eigenvalue weighted by atomic mass is 9.92. The van der Waals surface area contributed by atoms with Gasteiger partial charge in [-0.15, -0.1) is 0 Å². The summed E-state index contributed by atoms with van der Waals surface area (Å²) in [6.45, 7) is 0.959. The van der Waals surface area contributed by atoms with Gasteiger partial charge in [0.25, 0.3) is 0 Å². The Bertz CT molecular complexity index is 404. The predicted molar refractivity (Wildman–Crippen MR) is 81.3 cm³/mol. The molecule has 0 spiro atoms. The number of ether oxygens (including phenoxy) is 1. The number of nitrogens with two attached hydrogens (primary N) is 1. The lowest BCUT2D eigenvalue weighted by Crippen LogP contribution is -2.41. The summed E-state index contributed by atoms with van der Waals surface area (Å²) >= 11 is 0. The molecule has 2 atom stereocenters. The standard InChI is InChI=1S/C17H26N2O/c18-19-17(9-3-7-16-8-4-10-20-16)15-11-13-5-1-2-6-14(13)12-15/h1-2,5-6,15-17,19H,3-4,7-12,18H2. The molecule has 0 bridgehead atoms. The summed E-state index contributed by atoms with van der Waals surface area (Å²) < 4.78 is 5.69. The van der Waals surface area contributed by atoms with Gasteiger partial charge in [-0.1, -0.05) is 24.3 Å². The van der Waals surface area contributed by atoms with Gasteiger partial charge in [-0.3, -0.25) is 11.3 Å². The lowest BCUT2D eigenvalue weighted by molar-refractivity contribution is 0.100. The van der Waals surface area contributed by atoms with E-state index in [0.717, 1.165) is 13.0 Å². The van der Waals surface area contributed by atoms with Crippen molar-refractivity contribution in [3.8, 4) is 0 Å². The first-order valence-electron chi connectivity index (χ1n) is 8.01. The number of hydrazine groups is 1. The fourth-order valence-corrected chi connectivity index (χ4v) is 3.77. The van der Waals surface area contributed by atoms with Gasteiger partial charge in [-0.2, -0.15) is 0 Å². The highest BCUT2D eigenvalue weighted by Gasteiger charge is 2.27. The molecule has 3 nitrogen and oxygen atoms in total. The van der Waals surface area contributed by atoms with Crippen LogP contribution in [0.15, 0.2) is 24.3 Å². The van der Waals surface area contributed by atoms with Crippen LogP contribution in [0.25, 0.3) is 0 Å². The van der Waals surface area contributed by atoms with Crippen molar-refractivity contribution >= 4 is 0 Å². The normalized spacial score (nSPS) is 23.9. The zero-order valence-electron chi connectivity index (χ0n) is 12.2. The Morgan fingerprint density at radius 3 is 2.60 bits per heavy atom. The third kappa shape index (κ3) is 3.22. The van der Waals surface area contributed by atoms with Crippen LogP contribution in [0, 0.1) is 5.92 Å². The number of fused-ring (bicyclic) bond motifs is 1. The molecule has 0 saturated carbocycles. The number of hydrogen-bond acceptors (Lipinski definition) is 3. The summed E-state index contributed by atoms with van der Waals surface area (Å²) in [5.41, 5.74) is 6.09. The molecule has 1 aliphatic heterocycles. The van der Waals surface area contributed by atoms with Crippen LogP contribution in [0.3, 0.4) is 0 Å². The predicted octanol–water partition coefficient (Wildman–Crippen LogP) is 2.58. The third-order valence-electron chi connectivity index (χ3n) is 4.93. The molecule has 1 heterocycles. The van der Waals surface area contributed by atoms with Crippen molar-refractivity contribution in [2.75, 3.05) is 6.61 Å². The largest absolute Gasteiger partial charge is 0.378 e. The minimum atomic E-state index is 0.434. The van der Waals surface area contributed by atoms with Crippen LogP contribution in [0.2, 0.25) is 0 Å². The van der Waals surface area contributed by atoms with Crippen LogP contribution >= 0.6 is 0 Å². The maximum atomic E-state index is 5.80. The average molecular weight is 274 g/mol. The SMILES string of the molecule is NNC(CCCC1CCCO1)C1Cc2ccccc2C1. The molecule has 3 heteroatoms. The van der Waals surface area contributed by atoms with Gasteiger partial charge < -0.3 is 4.74 Å². The molecule has 1 aromatic rings. The molecule has 3 rings (SSSR count). The van der Waals surface area contributed by atoms with E-state index in [1.807, 2.05) is 0 Å². The Kier molecular flexibility index (Phi) is 4.71. The van der Waals surface area contributed by atoms with Gasteiger partial charge in [0.15, 0.2) is 0 Å². The van der Waals surface area contributed by atoms with Gasteiger partial charge >= 0.3 is 0 Å². The first-order valence-corrected chi connectivity index (χ1v) is 8.01. The van der Waals surface area contributed by atoms with Crippen molar-refractivity contribution < 1.29 is 4.74 Å².